The summed E-state index contributed by atoms with van der Waals surface area (Å²) in [5.74, 6) is 1.32. The third-order valence-corrected chi connectivity index (χ3v) is 4.93. The number of methoxy groups -OCH3 is 2. The molecule has 0 N–H and O–H groups in total. The van der Waals surface area contributed by atoms with Gasteiger partial charge in [-0.25, -0.2) is 4.99 Å². The lowest BCUT2D eigenvalue weighted by atomic mass is 10.1. The van der Waals surface area contributed by atoms with E-state index in [1.165, 1.54) is 5.56 Å². The predicted octanol–water partition coefficient (Wildman–Crippen LogP) is 4.66. The quantitative estimate of drug-likeness (QED) is 0.596. The third-order valence-electron chi connectivity index (χ3n) is 4.93. The predicted molar refractivity (Wildman–Crippen MR) is 119 cm³/mol. The summed E-state index contributed by atoms with van der Waals surface area (Å²) in [6.07, 6.45) is 0. The summed E-state index contributed by atoms with van der Waals surface area (Å²) in [4.78, 5) is 9.68. The van der Waals surface area contributed by atoms with Crippen LogP contribution in [0, 0.1) is 20.8 Å². The zero-order valence-electron chi connectivity index (χ0n) is 18.7. The summed E-state index contributed by atoms with van der Waals surface area (Å²) < 4.78 is 18.5. The highest BCUT2D eigenvalue weighted by Gasteiger charge is 2.12. The van der Waals surface area contributed by atoms with Gasteiger partial charge in [0.2, 0.25) is 0 Å². The van der Waals surface area contributed by atoms with Crippen LogP contribution in [0.25, 0.3) is 11.3 Å². The molecule has 0 amide bonds. The molecule has 2 aromatic carbocycles. The number of aromatic nitrogens is 2. The van der Waals surface area contributed by atoms with Gasteiger partial charge < -0.3 is 14.2 Å². The minimum Gasteiger partial charge on any atom is -0.493 e. The molecule has 0 saturated carbocycles. The van der Waals surface area contributed by atoms with Crippen LogP contribution >= 0.6 is 0 Å². The smallest absolute Gasteiger partial charge is 0.298 e. The Morgan fingerprint density at radius 2 is 1.60 bits per heavy atom. The molecule has 30 heavy (non-hydrogen) atoms. The largest absolute Gasteiger partial charge is 0.493 e. The number of ether oxygens (including phenoxy) is 3. The van der Waals surface area contributed by atoms with Gasteiger partial charge in [0.25, 0.3) is 6.01 Å². The Balaban J connectivity index is 2.24. The van der Waals surface area contributed by atoms with E-state index in [-0.39, 0.29) is 0 Å². The topological polar surface area (TPSA) is 57.9 Å². The zero-order chi connectivity index (χ0) is 21.8. The fourth-order valence-corrected chi connectivity index (χ4v) is 3.50. The van der Waals surface area contributed by atoms with Gasteiger partial charge in [0.1, 0.15) is 5.49 Å². The van der Waals surface area contributed by atoms with E-state index in [0.29, 0.717) is 24.1 Å². The van der Waals surface area contributed by atoms with Crippen LogP contribution in [0.4, 0.5) is 5.69 Å². The molecule has 0 atom stereocenters. The van der Waals surface area contributed by atoms with Gasteiger partial charge in [-0.15, -0.1) is 0 Å². The van der Waals surface area contributed by atoms with Gasteiger partial charge in [0.05, 0.1) is 32.2 Å². The van der Waals surface area contributed by atoms with Crippen LogP contribution in [0.15, 0.2) is 41.4 Å². The Kier molecular flexibility index (Phi) is 6.45. The number of rotatable bonds is 6. The molecule has 0 fully saturated rings. The van der Waals surface area contributed by atoms with Crippen LogP contribution in [0.1, 0.15) is 23.6 Å². The number of nitrogens with zero attached hydrogens (tertiary/aromatic N) is 3. The molecule has 0 bridgehead atoms. The Hall–Kier alpha value is -3.28. The van der Waals surface area contributed by atoms with Gasteiger partial charge >= 0.3 is 0 Å². The van der Waals surface area contributed by atoms with Crippen molar-refractivity contribution in [2.24, 2.45) is 12.0 Å². The first kappa shape index (κ1) is 21.4. The Bertz CT molecular complexity index is 1110. The summed E-state index contributed by atoms with van der Waals surface area (Å²) in [5.41, 5.74) is 6.85. The van der Waals surface area contributed by atoms with E-state index < -0.39 is 0 Å². The number of hydrogen-bond donors (Lipinski definition) is 0. The fourth-order valence-electron chi connectivity index (χ4n) is 3.50. The van der Waals surface area contributed by atoms with Crippen molar-refractivity contribution in [3.8, 4) is 28.8 Å². The Labute approximate surface area is 177 Å². The lowest BCUT2D eigenvalue weighted by Gasteiger charge is -2.14. The number of aryl methyl sites for hydroxylation is 3. The lowest BCUT2D eigenvalue weighted by Crippen LogP contribution is -2.21. The molecule has 0 aliphatic carbocycles. The van der Waals surface area contributed by atoms with Crippen molar-refractivity contribution in [2.75, 3.05) is 20.8 Å². The fraction of sp³-hybridized carbons (Fsp3) is 0.333. The second-order valence-electron chi connectivity index (χ2n) is 7.20. The normalized spacial score (nSPS) is 11.5. The van der Waals surface area contributed by atoms with Crippen molar-refractivity contribution < 1.29 is 14.2 Å². The first-order valence-corrected chi connectivity index (χ1v) is 9.93. The summed E-state index contributed by atoms with van der Waals surface area (Å²) in [6.45, 7) is 8.71. The van der Waals surface area contributed by atoms with E-state index in [0.717, 1.165) is 33.6 Å². The monoisotopic (exact) mass is 407 g/mol. The van der Waals surface area contributed by atoms with Gasteiger partial charge in [0.15, 0.2) is 11.5 Å². The Morgan fingerprint density at radius 1 is 0.933 bits per heavy atom. The van der Waals surface area contributed by atoms with Gasteiger partial charge in [-0.05, 0) is 57.0 Å². The van der Waals surface area contributed by atoms with E-state index in [4.69, 9.17) is 24.2 Å². The SMILES string of the molecule is CCOc1nc(-c2ccc(OC)c(OC)c2)c/c(=N/c2c(C)cc(C)cc2C)n1C. The highest BCUT2D eigenvalue weighted by molar-refractivity contribution is 5.64. The van der Waals surface area contributed by atoms with Crippen molar-refractivity contribution in [3.63, 3.8) is 0 Å². The maximum Gasteiger partial charge on any atom is 0.298 e. The summed E-state index contributed by atoms with van der Waals surface area (Å²) in [5, 5.41) is 0. The Morgan fingerprint density at radius 3 is 2.20 bits per heavy atom. The molecule has 3 rings (SSSR count). The van der Waals surface area contributed by atoms with Gasteiger partial charge in [-0.2, -0.15) is 4.98 Å². The minimum absolute atomic E-state index is 0.506. The molecule has 0 aliphatic heterocycles. The zero-order valence-corrected chi connectivity index (χ0v) is 18.7. The average molecular weight is 408 g/mol. The van der Waals surface area contributed by atoms with Crippen LogP contribution < -0.4 is 19.7 Å². The molecule has 0 radical (unpaired) electrons. The van der Waals surface area contributed by atoms with Crippen LogP contribution in [0.5, 0.6) is 17.5 Å². The van der Waals surface area contributed by atoms with Gasteiger partial charge in [-0.1, -0.05) is 17.7 Å². The molecule has 0 saturated heterocycles. The standard InChI is InChI=1S/C24H29N3O3/c1-8-30-24-25-19(18-9-10-20(28-6)21(13-18)29-7)14-22(27(24)5)26-23-16(3)11-15(2)12-17(23)4/h9-14H,8H2,1-7H3/b26-22-. The highest BCUT2D eigenvalue weighted by atomic mass is 16.5. The van der Waals surface area contributed by atoms with Crippen LogP contribution in [-0.4, -0.2) is 30.4 Å². The molecular weight excluding hydrogens is 378 g/mol. The molecule has 6 heteroatoms. The van der Waals surface area contributed by atoms with Crippen LogP contribution in [0.3, 0.4) is 0 Å². The van der Waals surface area contributed by atoms with Gasteiger partial charge in [-0.3, -0.25) is 4.57 Å². The second-order valence-corrected chi connectivity index (χ2v) is 7.20. The molecule has 0 unspecified atom stereocenters. The first-order valence-electron chi connectivity index (χ1n) is 9.93. The number of benzene rings is 2. The molecule has 3 aromatic rings. The molecule has 0 aliphatic rings. The van der Waals surface area contributed by atoms with Crippen LogP contribution in [-0.2, 0) is 7.05 Å². The van der Waals surface area contributed by atoms with Crippen molar-refractivity contribution in [1.29, 1.82) is 0 Å². The molecule has 158 valence electrons. The van der Waals surface area contributed by atoms with Crippen molar-refractivity contribution in [2.45, 2.75) is 27.7 Å². The average Bonchev–Trinajstić information content (AvgIpc) is 2.72. The molecule has 1 aromatic heterocycles. The molecule has 0 spiro atoms. The van der Waals surface area contributed by atoms with Crippen molar-refractivity contribution in [3.05, 3.63) is 58.6 Å². The van der Waals surface area contributed by atoms with E-state index in [1.54, 1.807) is 14.2 Å². The van der Waals surface area contributed by atoms with Crippen molar-refractivity contribution in [1.82, 2.24) is 9.55 Å². The highest BCUT2D eigenvalue weighted by Crippen LogP contribution is 2.32. The van der Waals surface area contributed by atoms with Crippen molar-refractivity contribution >= 4 is 5.69 Å². The second kappa shape index (κ2) is 9.03. The molecular formula is C24H29N3O3. The van der Waals surface area contributed by atoms with E-state index in [2.05, 4.69) is 32.9 Å². The summed E-state index contributed by atoms with van der Waals surface area (Å²) in [7, 11) is 5.15. The molecule has 6 nitrogen and oxygen atoms in total. The summed E-state index contributed by atoms with van der Waals surface area (Å²) >= 11 is 0. The number of hydrogen-bond acceptors (Lipinski definition) is 5. The first-order chi connectivity index (χ1) is 14.4. The van der Waals surface area contributed by atoms with E-state index >= 15 is 0 Å². The maximum absolute atomic E-state index is 5.79. The maximum atomic E-state index is 5.79. The van der Waals surface area contributed by atoms with Crippen LogP contribution in [0.2, 0.25) is 0 Å². The van der Waals surface area contributed by atoms with E-state index in [9.17, 15) is 0 Å². The molecule has 1 heterocycles. The lowest BCUT2D eigenvalue weighted by molar-refractivity contribution is 0.295. The van der Waals surface area contributed by atoms with Gasteiger partial charge in [0, 0.05) is 18.7 Å². The van der Waals surface area contributed by atoms with E-state index in [1.807, 2.05) is 42.8 Å². The summed E-state index contributed by atoms with van der Waals surface area (Å²) in [6, 6.07) is 12.5. The minimum atomic E-state index is 0.506. The third kappa shape index (κ3) is 4.32.